The summed E-state index contributed by atoms with van der Waals surface area (Å²) in [6, 6.07) is 0. The molecule has 0 aliphatic carbocycles. The number of thiocarbonyl (C=S) groups is 1. The molecule has 17 heavy (non-hydrogen) atoms. The van der Waals surface area contributed by atoms with Gasteiger partial charge in [0.2, 0.25) is 5.13 Å². The van der Waals surface area contributed by atoms with Crippen LogP contribution in [-0.4, -0.2) is 34.5 Å². The van der Waals surface area contributed by atoms with E-state index in [1.807, 2.05) is 6.92 Å². The number of aromatic nitrogens is 2. The van der Waals surface area contributed by atoms with Crippen LogP contribution in [0.1, 0.15) is 32.2 Å². The molecule has 0 fully saturated rings. The molecule has 1 aromatic heterocycles. The summed E-state index contributed by atoms with van der Waals surface area (Å²) in [7, 11) is 1.65. The Labute approximate surface area is 111 Å². The van der Waals surface area contributed by atoms with E-state index in [2.05, 4.69) is 21.2 Å². The first kappa shape index (κ1) is 14.3. The lowest BCUT2D eigenvalue weighted by Gasteiger charge is -2.18. The summed E-state index contributed by atoms with van der Waals surface area (Å²) in [5, 5.41) is 0.891. The van der Waals surface area contributed by atoms with Gasteiger partial charge in [0.1, 0.15) is 6.10 Å². The lowest BCUT2D eigenvalue weighted by Crippen LogP contribution is -2.27. The highest BCUT2D eigenvalue weighted by atomic mass is 32.1. The highest BCUT2D eigenvalue weighted by Gasteiger charge is 2.14. The normalized spacial score (nSPS) is 12.4. The highest BCUT2D eigenvalue weighted by molar-refractivity contribution is 7.80. The summed E-state index contributed by atoms with van der Waals surface area (Å²) < 4.78 is 9.47. The molecule has 0 aromatic carbocycles. The van der Waals surface area contributed by atoms with Gasteiger partial charge < -0.3 is 15.4 Å². The van der Waals surface area contributed by atoms with E-state index in [1.54, 1.807) is 7.11 Å². The minimum atomic E-state index is -0.0747. The summed E-state index contributed by atoms with van der Waals surface area (Å²) in [5.41, 5.74) is 5.50. The van der Waals surface area contributed by atoms with Gasteiger partial charge >= 0.3 is 0 Å². The average Bonchev–Trinajstić information content (AvgIpc) is 2.78. The van der Waals surface area contributed by atoms with Crippen molar-refractivity contribution in [3.8, 4) is 0 Å². The molecule has 1 heterocycles. The zero-order valence-electron chi connectivity index (χ0n) is 10.3. The molecule has 2 N–H and O–H groups in total. The molecule has 1 atom stereocenters. The van der Waals surface area contributed by atoms with Gasteiger partial charge in [0, 0.05) is 38.2 Å². The first-order valence-electron chi connectivity index (χ1n) is 5.48. The SMILES string of the molecule is CCN(CCC(N)=S)c1nc(C(C)OC)ns1. The molecule has 0 bridgehead atoms. The van der Waals surface area contributed by atoms with Crippen LogP contribution in [-0.2, 0) is 4.74 Å². The van der Waals surface area contributed by atoms with E-state index >= 15 is 0 Å². The molecule has 0 aliphatic rings. The van der Waals surface area contributed by atoms with Crippen LogP contribution in [0.2, 0.25) is 0 Å². The Morgan fingerprint density at radius 1 is 1.65 bits per heavy atom. The Kier molecular flexibility index (Phi) is 5.73. The molecule has 1 rings (SSSR count). The third-order valence-electron chi connectivity index (χ3n) is 2.43. The summed E-state index contributed by atoms with van der Waals surface area (Å²) in [6.45, 7) is 5.64. The summed E-state index contributed by atoms with van der Waals surface area (Å²) in [6.07, 6.45) is 0.618. The van der Waals surface area contributed by atoms with Crippen molar-refractivity contribution in [2.45, 2.75) is 26.4 Å². The van der Waals surface area contributed by atoms with Crippen LogP contribution in [0.25, 0.3) is 0 Å². The van der Waals surface area contributed by atoms with Crippen LogP contribution in [0.4, 0.5) is 5.13 Å². The fourth-order valence-electron chi connectivity index (χ4n) is 1.26. The Hall–Kier alpha value is -0.790. The molecular formula is C10H18N4OS2. The molecule has 0 radical (unpaired) electrons. The van der Waals surface area contributed by atoms with Crippen LogP contribution in [0.3, 0.4) is 0 Å². The van der Waals surface area contributed by atoms with Crippen LogP contribution in [0.15, 0.2) is 0 Å². The number of ether oxygens (including phenoxy) is 1. The largest absolute Gasteiger partial charge is 0.393 e. The minimum absolute atomic E-state index is 0.0747. The molecule has 0 amide bonds. The molecule has 7 heteroatoms. The first-order valence-corrected chi connectivity index (χ1v) is 6.66. The molecule has 0 aliphatic heterocycles. The van der Waals surface area contributed by atoms with E-state index < -0.39 is 0 Å². The van der Waals surface area contributed by atoms with Crippen LogP contribution >= 0.6 is 23.8 Å². The Balaban J connectivity index is 2.68. The van der Waals surface area contributed by atoms with Gasteiger partial charge in [-0.2, -0.15) is 4.37 Å². The molecule has 96 valence electrons. The van der Waals surface area contributed by atoms with E-state index in [4.69, 9.17) is 22.7 Å². The van der Waals surface area contributed by atoms with Gasteiger partial charge in [0.05, 0.1) is 4.99 Å². The van der Waals surface area contributed by atoms with E-state index in [1.165, 1.54) is 11.5 Å². The van der Waals surface area contributed by atoms with E-state index in [9.17, 15) is 0 Å². The summed E-state index contributed by atoms with van der Waals surface area (Å²) in [4.78, 5) is 7.09. The molecule has 0 saturated carbocycles. The number of methoxy groups -OCH3 is 1. The quantitative estimate of drug-likeness (QED) is 0.764. The molecular weight excluding hydrogens is 256 g/mol. The second kappa shape index (κ2) is 6.83. The highest BCUT2D eigenvalue weighted by Crippen LogP contribution is 2.21. The molecule has 0 spiro atoms. The Morgan fingerprint density at radius 2 is 2.35 bits per heavy atom. The van der Waals surface area contributed by atoms with Crippen molar-refractivity contribution in [2.24, 2.45) is 5.73 Å². The number of rotatable bonds is 7. The standard InChI is InChI=1S/C10H18N4OS2/c1-4-14(6-5-8(11)16)10-12-9(13-17-10)7(2)15-3/h7H,4-6H2,1-3H3,(H2,11,16). The van der Waals surface area contributed by atoms with Gasteiger partial charge in [0.15, 0.2) is 5.82 Å². The lowest BCUT2D eigenvalue weighted by molar-refractivity contribution is 0.113. The van der Waals surface area contributed by atoms with Crippen molar-refractivity contribution in [1.29, 1.82) is 0 Å². The second-order valence-corrected chi connectivity index (χ2v) is 4.86. The summed E-state index contributed by atoms with van der Waals surface area (Å²) in [5.74, 6) is 0.723. The average molecular weight is 274 g/mol. The molecule has 0 saturated heterocycles. The maximum atomic E-state index is 5.50. The monoisotopic (exact) mass is 274 g/mol. The number of nitrogens with zero attached hydrogens (tertiary/aromatic N) is 3. The van der Waals surface area contributed by atoms with Gasteiger partial charge in [-0.3, -0.25) is 0 Å². The fourth-order valence-corrected chi connectivity index (χ4v) is 2.19. The van der Waals surface area contributed by atoms with Crippen molar-refractivity contribution in [3.05, 3.63) is 5.82 Å². The number of anilines is 1. The fraction of sp³-hybridized carbons (Fsp3) is 0.700. The van der Waals surface area contributed by atoms with Crippen molar-refractivity contribution in [1.82, 2.24) is 9.36 Å². The van der Waals surface area contributed by atoms with Crippen LogP contribution in [0, 0.1) is 0 Å². The maximum absolute atomic E-state index is 5.50. The zero-order valence-corrected chi connectivity index (χ0v) is 12.0. The van der Waals surface area contributed by atoms with Crippen molar-refractivity contribution >= 4 is 33.9 Å². The predicted molar refractivity (Wildman–Crippen MR) is 74.6 cm³/mol. The van der Waals surface area contributed by atoms with E-state index in [0.717, 1.165) is 24.0 Å². The van der Waals surface area contributed by atoms with Gasteiger partial charge in [0.25, 0.3) is 0 Å². The van der Waals surface area contributed by atoms with Crippen LogP contribution in [0.5, 0.6) is 0 Å². The Bertz CT molecular complexity index is 369. The Morgan fingerprint density at radius 3 is 2.88 bits per heavy atom. The van der Waals surface area contributed by atoms with Gasteiger partial charge in [-0.25, -0.2) is 4.98 Å². The van der Waals surface area contributed by atoms with E-state index in [-0.39, 0.29) is 6.10 Å². The summed E-state index contributed by atoms with van der Waals surface area (Å²) >= 11 is 6.25. The van der Waals surface area contributed by atoms with E-state index in [0.29, 0.717) is 11.4 Å². The zero-order chi connectivity index (χ0) is 12.8. The maximum Gasteiger partial charge on any atom is 0.205 e. The number of hydrogen-bond acceptors (Lipinski definition) is 6. The topological polar surface area (TPSA) is 64.3 Å². The molecule has 1 unspecified atom stereocenters. The van der Waals surface area contributed by atoms with Gasteiger partial charge in [-0.15, -0.1) is 0 Å². The molecule has 5 nitrogen and oxygen atoms in total. The third-order valence-corrected chi connectivity index (χ3v) is 3.42. The lowest BCUT2D eigenvalue weighted by atomic mass is 10.4. The van der Waals surface area contributed by atoms with Crippen molar-refractivity contribution < 1.29 is 4.74 Å². The number of nitrogens with two attached hydrogens (primary N) is 1. The first-order chi connectivity index (χ1) is 8.08. The number of hydrogen-bond donors (Lipinski definition) is 1. The molecule has 1 aromatic rings. The minimum Gasteiger partial charge on any atom is -0.393 e. The second-order valence-electron chi connectivity index (χ2n) is 3.61. The van der Waals surface area contributed by atoms with Crippen LogP contribution < -0.4 is 10.6 Å². The third kappa shape index (κ3) is 4.18. The van der Waals surface area contributed by atoms with Gasteiger partial charge in [-0.05, 0) is 13.8 Å². The predicted octanol–water partition coefficient (Wildman–Crippen LogP) is 1.75. The van der Waals surface area contributed by atoms with Crippen molar-refractivity contribution in [3.63, 3.8) is 0 Å². The van der Waals surface area contributed by atoms with Crippen molar-refractivity contribution in [2.75, 3.05) is 25.1 Å². The smallest absolute Gasteiger partial charge is 0.205 e. The van der Waals surface area contributed by atoms with Gasteiger partial charge in [-0.1, -0.05) is 12.2 Å².